The van der Waals surface area contributed by atoms with Crippen LogP contribution < -0.4 is 0 Å². The van der Waals surface area contributed by atoms with Gasteiger partial charge in [-0.2, -0.15) is 0 Å². The van der Waals surface area contributed by atoms with Gasteiger partial charge in [0.2, 0.25) is 0 Å². The molecule has 0 radical (unpaired) electrons. The number of carboxylic acid groups (broad SMARTS) is 1. The first-order valence-electron chi connectivity index (χ1n) is 10.9. The third kappa shape index (κ3) is 5.22. The molecule has 0 saturated carbocycles. The van der Waals surface area contributed by atoms with Crippen molar-refractivity contribution >= 4 is 40.7 Å². The lowest BCUT2D eigenvalue weighted by atomic mass is 9.94. The van der Waals surface area contributed by atoms with Gasteiger partial charge in [0.15, 0.2) is 10.8 Å². The van der Waals surface area contributed by atoms with E-state index in [1.165, 1.54) is 29.5 Å². The van der Waals surface area contributed by atoms with Gasteiger partial charge in [-0.15, -0.1) is 11.3 Å². The Morgan fingerprint density at radius 2 is 2.20 bits per heavy atom. The number of aliphatic carboxylic acids is 1. The third-order valence-corrected chi connectivity index (χ3v) is 6.91. The summed E-state index contributed by atoms with van der Waals surface area (Å²) in [6.45, 7) is 2.68. The van der Waals surface area contributed by atoms with Crippen molar-refractivity contribution in [3.8, 4) is 0 Å². The SMILES string of the molecule is CCOC(=O)C1=C(CN2CCOC[C@H]2C(=O)O)N(C)C(c2nccs2)=N[C@H]1c1ccc(F)cc1Cl. The number of benzene rings is 1. The lowest BCUT2D eigenvalue weighted by Gasteiger charge is -2.39. The zero-order chi connectivity index (χ0) is 25.1. The highest BCUT2D eigenvalue weighted by molar-refractivity contribution is 7.11. The number of aromatic nitrogens is 1. The van der Waals surface area contributed by atoms with Crippen molar-refractivity contribution in [2.24, 2.45) is 4.99 Å². The van der Waals surface area contributed by atoms with Gasteiger partial charge in [0.1, 0.15) is 17.9 Å². The van der Waals surface area contributed by atoms with Gasteiger partial charge in [0, 0.05) is 48.0 Å². The van der Waals surface area contributed by atoms with Crippen molar-refractivity contribution < 1.29 is 28.6 Å². The molecule has 2 aliphatic heterocycles. The highest BCUT2D eigenvalue weighted by Crippen LogP contribution is 2.39. The number of carbonyl (C=O) groups is 2. The van der Waals surface area contributed by atoms with Crippen LogP contribution in [-0.4, -0.2) is 83.7 Å². The highest BCUT2D eigenvalue weighted by atomic mass is 35.5. The second-order valence-electron chi connectivity index (χ2n) is 7.90. The van der Waals surface area contributed by atoms with Crippen LogP contribution in [0.15, 0.2) is 46.0 Å². The summed E-state index contributed by atoms with van der Waals surface area (Å²) < 4.78 is 24.6. The summed E-state index contributed by atoms with van der Waals surface area (Å²) in [5.74, 6) is -1.67. The van der Waals surface area contributed by atoms with Gasteiger partial charge in [-0.25, -0.2) is 14.2 Å². The van der Waals surface area contributed by atoms with Gasteiger partial charge < -0.3 is 19.5 Å². The summed E-state index contributed by atoms with van der Waals surface area (Å²) in [6, 6.07) is 2.11. The molecular formula is C23H24ClFN4O5S. The normalized spacial score (nSPS) is 21.1. The van der Waals surface area contributed by atoms with E-state index in [-0.39, 0.29) is 30.4 Å². The van der Waals surface area contributed by atoms with Crippen LogP contribution in [0.1, 0.15) is 23.5 Å². The maximum Gasteiger partial charge on any atom is 0.338 e. The van der Waals surface area contributed by atoms with E-state index in [0.29, 0.717) is 35.3 Å². The minimum atomic E-state index is -1.02. The van der Waals surface area contributed by atoms with Crippen molar-refractivity contribution in [3.05, 3.63) is 62.5 Å². The van der Waals surface area contributed by atoms with Crippen molar-refractivity contribution in [1.82, 2.24) is 14.8 Å². The Bertz CT molecular complexity index is 1170. The van der Waals surface area contributed by atoms with Crippen LogP contribution in [-0.2, 0) is 19.1 Å². The molecule has 4 rings (SSSR count). The number of carboxylic acids is 1. The van der Waals surface area contributed by atoms with E-state index in [2.05, 4.69) is 4.98 Å². The Hall–Kier alpha value is -2.86. The number of halogens is 2. The summed E-state index contributed by atoms with van der Waals surface area (Å²) in [7, 11) is 1.74. The van der Waals surface area contributed by atoms with Crippen molar-refractivity contribution in [1.29, 1.82) is 0 Å². The summed E-state index contributed by atoms with van der Waals surface area (Å²) in [6.07, 6.45) is 1.64. The third-order valence-electron chi connectivity index (χ3n) is 5.81. The summed E-state index contributed by atoms with van der Waals surface area (Å²) in [5.41, 5.74) is 1.13. The molecule has 0 amide bonds. The number of esters is 1. The molecule has 1 N–H and O–H groups in total. The summed E-state index contributed by atoms with van der Waals surface area (Å²) >= 11 is 7.78. The zero-order valence-electron chi connectivity index (χ0n) is 19.1. The molecule has 2 atom stereocenters. The number of likely N-dealkylation sites (N-methyl/N-ethyl adjacent to an activating group) is 1. The van der Waals surface area contributed by atoms with Crippen molar-refractivity contribution in [3.63, 3.8) is 0 Å². The predicted octanol–water partition coefficient (Wildman–Crippen LogP) is 2.97. The molecule has 0 bridgehead atoms. The second-order valence-corrected chi connectivity index (χ2v) is 9.20. The van der Waals surface area contributed by atoms with Crippen LogP contribution in [0.3, 0.4) is 0 Å². The number of amidine groups is 1. The largest absolute Gasteiger partial charge is 0.480 e. The molecule has 35 heavy (non-hydrogen) atoms. The Labute approximate surface area is 210 Å². The number of aliphatic imine (C=N–C) groups is 1. The minimum Gasteiger partial charge on any atom is -0.480 e. The Morgan fingerprint density at radius 1 is 1.40 bits per heavy atom. The second kappa shape index (κ2) is 10.8. The molecular weight excluding hydrogens is 499 g/mol. The molecule has 3 heterocycles. The van der Waals surface area contributed by atoms with Crippen LogP contribution in [0.2, 0.25) is 5.02 Å². The first-order valence-corrected chi connectivity index (χ1v) is 12.2. The Morgan fingerprint density at radius 3 is 2.86 bits per heavy atom. The molecule has 1 saturated heterocycles. The molecule has 1 fully saturated rings. The van der Waals surface area contributed by atoms with E-state index >= 15 is 0 Å². The molecule has 12 heteroatoms. The quantitative estimate of drug-likeness (QED) is 0.553. The average Bonchev–Trinajstić information content (AvgIpc) is 3.35. The molecule has 186 valence electrons. The van der Waals surface area contributed by atoms with Gasteiger partial charge >= 0.3 is 11.9 Å². The van der Waals surface area contributed by atoms with Crippen LogP contribution in [0.5, 0.6) is 0 Å². The molecule has 2 aliphatic rings. The number of thiazole rings is 1. The summed E-state index contributed by atoms with van der Waals surface area (Å²) in [4.78, 5) is 37.8. The minimum absolute atomic E-state index is 0.0295. The van der Waals surface area contributed by atoms with E-state index in [1.807, 2.05) is 0 Å². The fraction of sp³-hybridized carbons (Fsp3) is 0.391. The predicted molar refractivity (Wildman–Crippen MR) is 128 cm³/mol. The van der Waals surface area contributed by atoms with Gasteiger partial charge in [0.25, 0.3) is 0 Å². The van der Waals surface area contributed by atoms with E-state index in [0.717, 1.165) is 0 Å². The van der Waals surface area contributed by atoms with Crippen molar-refractivity contribution in [2.75, 3.05) is 40.0 Å². The van der Waals surface area contributed by atoms with Gasteiger partial charge in [0.05, 0.1) is 25.4 Å². The van der Waals surface area contributed by atoms with Gasteiger partial charge in [-0.1, -0.05) is 17.7 Å². The lowest BCUT2D eigenvalue weighted by Crippen LogP contribution is -2.52. The van der Waals surface area contributed by atoms with E-state index < -0.39 is 29.8 Å². The number of morpholine rings is 1. The Kier molecular flexibility index (Phi) is 7.80. The number of hydrogen-bond donors (Lipinski definition) is 1. The molecule has 2 aromatic rings. The fourth-order valence-electron chi connectivity index (χ4n) is 4.10. The standard InChI is InChI=1S/C23H24ClFN4O5S/c1-3-34-23(32)18-16(11-29-7-8-33-12-17(29)22(30)31)28(2)20(21-26-6-9-35-21)27-19(18)14-5-4-13(25)10-15(14)24/h4-6,9-10,17,19H,3,7-8,11-12H2,1-2H3,(H,30,31)/t17-,19-/m0/s1. The molecule has 1 aromatic heterocycles. The molecule has 1 aromatic carbocycles. The Balaban J connectivity index is 1.89. The molecule has 9 nitrogen and oxygen atoms in total. The van der Waals surface area contributed by atoms with Crippen LogP contribution in [0, 0.1) is 5.82 Å². The smallest absolute Gasteiger partial charge is 0.338 e. The molecule has 0 spiro atoms. The first kappa shape index (κ1) is 25.2. The fourth-order valence-corrected chi connectivity index (χ4v) is 5.04. The van der Waals surface area contributed by atoms with E-state index in [1.54, 1.807) is 35.3 Å². The van der Waals surface area contributed by atoms with E-state index in [9.17, 15) is 19.1 Å². The number of hydrogen-bond acceptors (Lipinski definition) is 9. The van der Waals surface area contributed by atoms with E-state index in [4.69, 9.17) is 26.1 Å². The van der Waals surface area contributed by atoms with Crippen LogP contribution in [0.4, 0.5) is 4.39 Å². The van der Waals surface area contributed by atoms with Crippen molar-refractivity contribution in [2.45, 2.75) is 19.0 Å². The zero-order valence-corrected chi connectivity index (χ0v) is 20.7. The molecule has 0 aliphatic carbocycles. The van der Waals surface area contributed by atoms with Gasteiger partial charge in [-0.05, 0) is 19.1 Å². The van der Waals surface area contributed by atoms with Crippen LogP contribution in [0.25, 0.3) is 0 Å². The topological polar surface area (TPSA) is 105 Å². The monoisotopic (exact) mass is 522 g/mol. The highest BCUT2D eigenvalue weighted by Gasteiger charge is 2.39. The number of carbonyl (C=O) groups excluding carboxylic acids is 1. The van der Waals surface area contributed by atoms with Crippen LogP contribution >= 0.6 is 22.9 Å². The first-order chi connectivity index (χ1) is 16.8. The van der Waals surface area contributed by atoms with Gasteiger partial charge in [-0.3, -0.25) is 14.7 Å². The lowest BCUT2D eigenvalue weighted by molar-refractivity contribution is -0.149. The number of ether oxygens (including phenoxy) is 2. The average molecular weight is 523 g/mol. The maximum atomic E-state index is 13.8. The number of nitrogens with zero attached hydrogens (tertiary/aromatic N) is 4. The number of rotatable bonds is 7. The summed E-state index contributed by atoms with van der Waals surface area (Å²) in [5, 5.41) is 12.2. The maximum absolute atomic E-state index is 13.8. The molecule has 0 unspecified atom stereocenters.